The molecule has 4 rings (SSSR count). The van der Waals surface area contributed by atoms with E-state index < -0.39 is 0 Å². The topological polar surface area (TPSA) is 29.9 Å². The van der Waals surface area contributed by atoms with Crippen molar-refractivity contribution >= 4 is 10.9 Å². The maximum Gasteiger partial charge on any atom is 0.0747 e. The predicted octanol–water partition coefficient (Wildman–Crippen LogP) is 2.81. The van der Waals surface area contributed by atoms with Gasteiger partial charge in [0.1, 0.15) is 0 Å². The van der Waals surface area contributed by atoms with Crippen LogP contribution in [0.1, 0.15) is 22.4 Å². The fourth-order valence-corrected chi connectivity index (χ4v) is 3.38. The number of rotatable bonds is 2. The Balaban J connectivity index is 1.79. The van der Waals surface area contributed by atoms with Crippen LogP contribution in [0, 0.1) is 0 Å². The lowest BCUT2D eigenvalue weighted by atomic mass is 9.92. The lowest BCUT2D eigenvalue weighted by molar-refractivity contribution is 0.639. The van der Waals surface area contributed by atoms with E-state index >= 15 is 0 Å². The molecule has 106 valence electrons. The fraction of sp³-hybridized carbons (Fsp3) is 0.278. The Morgan fingerprint density at radius 1 is 1.14 bits per heavy atom. The minimum atomic E-state index is 0.921. The fourth-order valence-electron chi connectivity index (χ4n) is 3.38. The SMILES string of the molecule is Cn1nc(Cc2cccc3c2CCNC3)c2ccccc21. The number of hydrogen-bond donors (Lipinski definition) is 1. The highest BCUT2D eigenvalue weighted by Crippen LogP contribution is 2.24. The van der Waals surface area contributed by atoms with Gasteiger partial charge >= 0.3 is 0 Å². The molecule has 0 atom stereocenters. The van der Waals surface area contributed by atoms with Gasteiger partial charge in [-0.25, -0.2) is 0 Å². The quantitative estimate of drug-likeness (QED) is 0.780. The van der Waals surface area contributed by atoms with E-state index in [1.54, 1.807) is 0 Å². The van der Waals surface area contributed by atoms with E-state index in [0.29, 0.717) is 0 Å². The minimum absolute atomic E-state index is 0.921. The highest BCUT2D eigenvalue weighted by Gasteiger charge is 2.15. The molecule has 3 aromatic rings. The molecule has 0 saturated heterocycles. The van der Waals surface area contributed by atoms with Crippen LogP contribution >= 0.6 is 0 Å². The number of aromatic nitrogens is 2. The average Bonchev–Trinajstić information content (AvgIpc) is 2.85. The molecule has 1 aliphatic rings. The Labute approximate surface area is 124 Å². The van der Waals surface area contributed by atoms with Crippen molar-refractivity contribution in [1.29, 1.82) is 0 Å². The summed E-state index contributed by atoms with van der Waals surface area (Å²) in [6.45, 7) is 2.07. The zero-order valence-corrected chi connectivity index (χ0v) is 12.3. The van der Waals surface area contributed by atoms with E-state index in [9.17, 15) is 0 Å². The molecule has 0 spiro atoms. The third-order valence-electron chi connectivity index (χ3n) is 4.43. The summed E-state index contributed by atoms with van der Waals surface area (Å²) in [5.41, 5.74) is 6.78. The molecule has 0 radical (unpaired) electrons. The summed E-state index contributed by atoms with van der Waals surface area (Å²) < 4.78 is 1.99. The van der Waals surface area contributed by atoms with E-state index in [-0.39, 0.29) is 0 Å². The van der Waals surface area contributed by atoms with E-state index in [1.165, 1.54) is 33.3 Å². The summed E-state index contributed by atoms with van der Waals surface area (Å²) in [5, 5.41) is 9.45. The largest absolute Gasteiger partial charge is 0.312 e. The van der Waals surface area contributed by atoms with Gasteiger partial charge in [-0.1, -0.05) is 36.4 Å². The summed E-state index contributed by atoms with van der Waals surface area (Å²) in [4.78, 5) is 0. The first-order valence-corrected chi connectivity index (χ1v) is 7.54. The first-order chi connectivity index (χ1) is 10.3. The average molecular weight is 277 g/mol. The molecule has 1 aliphatic heterocycles. The number of benzene rings is 2. The minimum Gasteiger partial charge on any atom is -0.312 e. The highest BCUT2D eigenvalue weighted by molar-refractivity contribution is 5.82. The Hall–Kier alpha value is -2.13. The van der Waals surface area contributed by atoms with Crippen molar-refractivity contribution in [2.24, 2.45) is 7.05 Å². The van der Waals surface area contributed by atoms with Crippen LogP contribution in [-0.2, 0) is 26.4 Å². The Morgan fingerprint density at radius 2 is 2.05 bits per heavy atom. The van der Waals surface area contributed by atoms with Crippen LogP contribution in [0.5, 0.6) is 0 Å². The first-order valence-electron chi connectivity index (χ1n) is 7.54. The van der Waals surface area contributed by atoms with Crippen LogP contribution in [0.15, 0.2) is 42.5 Å². The van der Waals surface area contributed by atoms with Crippen molar-refractivity contribution in [2.45, 2.75) is 19.4 Å². The Bertz CT molecular complexity index is 801. The van der Waals surface area contributed by atoms with Gasteiger partial charge < -0.3 is 5.32 Å². The predicted molar refractivity (Wildman–Crippen MR) is 85.4 cm³/mol. The van der Waals surface area contributed by atoms with Crippen LogP contribution in [0.2, 0.25) is 0 Å². The van der Waals surface area contributed by atoms with Crippen LogP contribution in [0.25, 0.3) is 10.9 Å². The Morgan fingerprint density at radius 3 is 3.00 bits per heavy atom. The number of nitrogens with one attached hydrogen (secondary N) is 1. The number of nitrogens with zero attached hydrogens (tertiary/aromatic N) is 2. The van der Waals surface area contributed by atoms with E-state index in [2.05, 4.69) is 47.8 Å². The summed E-state index contributed by atoms with van der Waals surface area (Å²) in [7, 11) is 2.02. The van der Waals surface area contributed by atoms with Crippen molar-refractivity contribution < 1.29 is 0 Å². The molecule has 3 heteroatoms. The second-order valence-electron chi connectivity index (χ2n) is 5.75. The summed E-state index contributed by atoms with van der Waals surface area (Å²) in [6, 6.07) is 15.1. The third-order valence-corrected chi connectivity index (χ3v) is 4.43. The van der Waals surface area contributed by atoms with Gasteiger partial charge in [0.15, 0.2) is 0 Å². The van der Waals surface area contributed by atoms with Crippen LogP contribution < -0.4 is 5.32 Å². The normalized spacial score (nSPS) is 14.3. The van der Waals surface area contributed by atoms with Gasteiger partial charge in [0.2, 0.25) is 0 Å². The second-order valence-corrected chi connectivity index (χ2v) is 5.75. The van der Waals surface area contributed by atoms with Gasteiger partial charge in [-0.3, -0.25) is 4.68 Å². The molecule has 0 aliphatic carbocycles. The van der Waals surface area contributed by atoms with Gasteiger partial charge in [-0.05, 0) is 35.7 Å². The van der Waals surface area contributed by atoms with Gasteiger partial charge in [-0.15, -0.1) is 0 Å². The molecule has 0 amide bonds. The van der Waals surface area contributed by atoms with E-state index in [4.69, 9.17) is 5.10 Å². The smallest absolute Gasteiger partial charge is 0.0747 e. The van der Waals surface area contributed by atoms with Crippen molar-refractivity contribution in [3.63, 3.8) is 0 Å². The maximum absolute atomic E-state index is 4.74. The zero-order valence-electron chi connectivity index (χ0n) is 12.3. The molecule has 1 N–H and O–H groups in total. The van der Waals surface area contributed by atoms with Crippen LogP contribution in [0.3, 0.4) is 0 Å². The monoisotopic (exact) mass is 277 g/mol. The first kappa shape index (κ1) is 12.6. The van der Waals surface area contributed by atoms with E-state index in [0.717, 1.165) is 25.9 Å². The summed E-state index contributed by atoms with van der Waals surface area (Å²) in [5.74, 6) is 0. The van der Waals surface area contributed by atoms with Crippen molar-refractivity contribution in [2.75, 3.05) is 6.54 Å². The molecule has 0 bridgehead atoms. The Kier molecular flexibility index (Phi) is 3.00. The van der Waals surface area contributed by atoms with Crippen molar-refractivity contribution in [3.8, 4) is 0 Å². The molecule has 2 heterocycles. The summed E-state index contributed by atoms with van der Waals surface area (Å²) in [6.07, 6.45) is 2.04. The number of fused-ring (bicyclic) bond motifs is 2. The molecule has 1 aromatic heterocycles. The molecular formula is C18H19N3. The summed E-state index contributed by atoms with van der Waals surface area (Å²) >= 11 is 0. The molecule has 3 nitrogen and oxygen atoms in total. The highest BCUT2D eigenvalue weighted by atomic mass is 15.3. The molecule has 21 heavy (non-hydrogen) atoms. The lowest BCUT2D eigenvalue weighted by Gasteiger charge is -2.20. The van der Waals surface area contributed by atoms with Gasteiger partial charge in [0.25, 0.3) is 0 Å². The van der Waals surface area contributed by atoms with Gasteiger partial charge in [-0.2, -0.15) is 5.10 Å². The molecular weight excluding hydrogens is 258 g/mol. The standard InChI is InChI=1S/C18H19N3/c1-21-18-8-3-2-7-16(18)17(20-21)11-13-5-4-6-14-12-19-10-9-15(13)14/h2-8,19H,9-12H2,1H3. The van der Waals surface area contributed by atoms with Gasteiger partial charge in [0, 0.05) is 25.4 Å². The number of para-hydroxylation sites is 1. The van der Waals surface area contributed by atoms with Crippen LogP contribution in [-0.4, -0.2) is 16.3 Å². The van der Waals surface area contributed by atoms with Gasteiger partial charge in [0.05, 0.1) is 11.2 Å². The lowest BCUT2D eigenvalue weighted by Crippen LogP contribution is -2.24. The number of hydrogen-bond acceptors (Lipinski definition) is 2. The second kappa shape index (κ2) is 5.01. The number of aryl methyl sites for hydroxylation is 1. The van der Waals surface area contributed by atoms with Crippen molar-refractivity contribution in [3.05, 3.63) is 64.8 Å². The van der Waals surface area contributed by atoms with E-state index in [1.807, 2.05) is 11.7 Å². The van der Waals surface area contributed by atoms with Crippen molar-refractivity contribution in [1.82, 2.24) is 15.1 Å². The zero-order chi connectivity index (χ0) is 14.2. The molecule has 0 unspecified atom stereocenters. The molecule has 0 fully saturated rings. The van der Waals surface area contributed by atoms with Crippen LogP contribution in [0.4, 0.5) is 0 Å². The molecule has 2 aromatic carbocycles. The third kappa shape index (κ3) is 2.14. The molecule has 0 saturated carbocycles. The maximum atomic E-state index is 4.74.